The van der Waals surface area contributed by atoms with Gasteiger partial charge in [0.2, 0.25) is 5.91 Å². The van der Waals surface area contributed by atoms with Gasteiger partial charge in [-0.25, -0.2) is 9.37 Å². The maximum atomic E-state index is 13.2. The zero-order chi connectivity index (χ0) is 15.8. The van der Waals surface area contributed by atoms with Gasteiger partial charge in [0, 0.05) is 25.4 Å². The summed E-state index contributed by atoms with van der Waals surface area (Å²) in [6, 6.07) is 6.36. The predicted molar refractivity (Wildman–Crippen MR) is 86.6 cm³/mol. The molecular weight excluding hydrogens is 317 g/mol. The van der Waals surface area contributed by atoms with Crippen LogP contribution < -0.4 is 10.2 Å². The molecule has 120 valence electrons. The average molecular weight is 333 g/mol. The third kappa shape index (κ3) is 2.82. The Balaban J connectivity index is 1.69. The van der Waals surface area contributed by atoms with E-state index in [2.05, 4.69) is 15.2 Å². The predicted octanol–water partition coefficient (Wildman–Crippen LogP) is 2.59. The lowest BCUT2D eigenvalue weighted by molar-refractivity contribution is -0.116. The highest BCUT2D eigenvalue weighted by atomic mass is 32.1. The highest BCUT2D eigenvalue weighted by Gasteiger charge is 2.31. The van der Waals surface area contributed by atoms with Crippen LogP contribution in [0.25, 0.3) is 0 Å². The van der Waals surface area contributed by atoms with Crippen molar-refractivity contribution in [1.82, 2.24) is 4.98 Å². The molecule has 2 aliphatic heterocycles. The number of nitrogens with zero attached hydrogens (tertiary/aromatic N) is 2. The standard InChI is InChI=1S/C16H16FN3O2S/c17-11-3-1-10(2-4-11)12-9-13(21)18-15-14(12)23-16(19-15)20-5-7-22-8-6-20/h1-4,12H,5-9H2,(H,18,21). The number of halogens is 1. The van der Waals surface area contributed by atoms with Gasteiger partial charge in [0.15, 0.2) is 5.13 Å². The van der Waals surface area contributed by atoms with E-state index in [9.17, 15) is 9.18 Å². The summed E-state index contributed by atoms with van der Waals surface area (Å²) in [5.74, 6) is 0.256. The SMILES string of the molecule is O=C1CC(c2ccc(F)cc2)c2sc(N3CCOCC3)nc2N1. The van der Waals surface area contributed by atoms with E-state index in [4.69, 9.17) is 4.74 Å². The van der Waals surface area contributed by atoms with E-state index in [-0.39, 0.29) is 17.6 Å². The Labute approximate surface area is 137 Å². The van der Waals surface area contributed by atoms with Crippen molar-refractivity contribution in [1.29, 1.82) is 0 Å². The molecule has 7 heteroatoms. The first kappa shape index (κ1) is 14.6. The second kappa shape index (κ2) is 5.90. The molecule has 0 saturated carbocycles. The lowest BCUT2D eigenvalue weighted by Gasteiger charge is -2.26. The number of anilines is 2. The maximum Gasteiger partial charge on any atom is 0.226 e. The molecule has 0 bridgehead atoms. The molecule has 1 aromatic carbocycles. The molecule has 1 fully saturated rings. The van der Waals surface area contributed by atoms with Crippen LogP contribution in [0.5, 0.6) is 0 Å². The van der Waals surface area contributed by atoms with Gasteiger partial charge >= 0.3 is 0 Å². The molecular formula is C16H16FN3O2S. The van der Waals surface area contributed by atoms with E-state index in [0.29, 0.717) is 25.5 Å². The van der Waals surface area contributed by atoms with Crippen molar-refractivity contribution in [3.05, 3.63) is 40.5 Å². The number of morpholine rings is 1. The van der Waals surface area contributed by atoms with Gasteiger partial charge in [0.05, 0.1) is 18.1 Å². The van der Waals surface area contributed by atoms with Gasteiger partial charge in [0.25, 0.3) is 0 Å². The molecule has 23 heavy (non-hydrogen) atoms. The molecule has 5 nitrogen and oxygen atoms in total. The van der Waals surface area contributed by atoms with E-state index in [1.165, 1.54) is 12.1 Å². The Morgan fingerprint density at radius 2 is 2.00 bits per heavy atom. The summed E-state index contributed by atoms with van der Waals surface area (Å²) in [7, 11) is 0. The van der Waals surface area contributed by atoms with Crippen molar-refractivity contribution in [2.75, 3.05) is 36.5 Å². The number of amides is 1. The second-order valence-corrected chi connectivity index (χ2v) is 6.67. The van der Waals surface area contributed by atoms with Crippen LogP contribution in [0.2, 0.25) is 0 Å². The summed E-state index contributed by atoms with van der Waals surface area (Å²) in [4.78, 5) is 19.8. The van der Waals surface area contributed by atoms with Crippen molar-refractivity contribution < 1.29 is 13.9 Å². The van der Waals surface area contributed by atoms with Gasteiger partial charge in [-0.15, -0.1) is 0 Å². The monoisotopic (exact) mass is 333 g/mol. The molecule has 3 heterocycles. The third-order valence-corrected chi connectivity index (χ3v) is 5.39. The third-order valence-electron chi connectivity index (χ3n) is 4.16. The minimum Gasteiger partial charge on any atom is -0.378 e. The molecule has 1 aromatic heterocycles. The first-order chi connectivity index (χ1) is 11.2. The maximum absolute atomic E-state index is 13.2. The minimum absolute atomic E-state index is 0.0503. The van der Waals surface area contributed by atoms with Gasteiger partial charge in [-0.2, -0.15) is 0 Å². The van der Waals surface area contributed by atoms with Gasteiger partial charge in [0.1, 0.15) is 11.6 Å². The van der Waals surface area contributed by atoms with Crippen LogP contribution in [0.3, 0.4) is 0 Å². The number of thiazole rings is 1. The van der Waals surface area contributed by atoms with Gasteiger partial charge in [-0.05, 0) is 17.7 Å². The highest BCUT2D eigenvalue weighted by molar-refractivity contribution is 7.16. The highest BCUT2D eigenvalue weighted by Crippen LogP contribution is 2.43. The lowest BCUT2D eigenvalue weighted by atomic mass is 9.92. The minimum atomic E-state index is -0.271. The number of fused-ring (bicyclic) bond motifs is 1. The smallest absolute Gasteiger partial charge is 0.226 e. The van der Waals surface area contributed by atoms with Gasteiger partial charge < -0.3 is 15.0 Å². The normalized spacial score (nSPS) is 21.0. The van der Waals surface area contributed by atoms with Crippen molar-refractivity contribution in [3.63, 3.8) is 0 Å². The number of hydrogen-bond donors (Lipinski definition) is 1. The fourth-order valence-electron chi connectivity index (χ4n) is 2.96. The fraction of sp³-hybridized carbons (Fsp3) is 0.375. The largest absolute Gasteiger partial charge is 0.378 e. The molecule has 2 aliphatic rings. The number of aromatic nitrogens is 1. The first-order valence-corrected chi connectivity index (χ1v) is 8.41. The van der Waals surface area contributed by atoms with E-state index in [0.717, 1.165) is 28.7 Å². The summed E-state index contributed by atoms with van der Waals surface area (Å²) >= 11 is 1.60. The summed E-state index contributed by atoms with van der Waals surface area (Å²) < 4.78 is 18.5. The molecule has 4 rings (SSSR count). The number of rotatable bonds is 2. The molecule has 0 radical (unpaired) electrons. The van der Waals surface area contributed by atoms with Crippen molar-refractivity contribution >= 4 is 28.2 Å². The molecule has 0 spiro atoms. The number of benzene rings is 1. The van der Waals surface area contributed by atoms with Gasteiger partial charge in [-0.1, -0.05) is 23.5 Å². The number of nitrogens with one attached hydrogen (secondary N) is 1. The van der Waals surface area contributed by atoms with Crippen LogP contribution in [-0.4, -0.2) is 37.2 Å². The van der Waals surface area contributed by atoms with Gasteiger partial charge in [-0.3, -0.25) is 4.79 Å². The number of carbonyl (C=O) groups excluding carboxylic acids is 1. The number of ether oxygens (including phenoxy) is 1. The Morgan fingerprint density at radius 3 is 2.74 bits per heavy atom. The van der Waals surface area contributed by atoms with Crippen LogP contribution in [0.15, 0.2) is 24.3 Å². The molecule has 1 saturated heterocycles. The molecule has 2 aromatic rings. The average Bonchev–Trinajstić information content (AvgIpc) is 2.99. The van der Waals surface area contributed by atoms with Crippen molar-refractivity contribution in [2.24, 2.45) is 0 Å². The van der Waals surface area contributed by atoms with Crippen LogP contribution in [0.4, 0.5) is 15.3 Å². The Hall–Kier alpha value is -1.99. The van der Waals surface area contributed by atoms with Crippen molar-refractivity contribution in [3.8, 4) is 0 Å². The molecule has 1 unspecified atom stereocenters. The number of hydrogen-bond acceptors (Lipinski definition) is 5. The van der Waals surface area contributed by atoms with Crippen LogP contribution in [0.1, 0.15) is 22.8 Å². The van der Waals surface area contributed by atoms with E-state index in [1.807, 2.05) is 0 Å². The topological polar surface area (TPSA) is 54.5 Å². The zero-order valence-corrected chi connectivity index (χ0v) is 13.2. The Kier molecular flexibility index (Phi) is 3.74. The second-order valence-electron chi connectivity index (χ2n) is 5.67. The summed E-state index contributed by atoms with van der Waals surface area (Å²) in [5.41, 5.74) is 0.944. The fourth-order valence-corrected chi connectivity index (χ4v) is 4.16. The number of carbonyl (C=O) groups is 1. The summed E-state index contributed by atoms with van der Waals surface area (Å²) in [6.45, 7) is 3.00. The van der Waals surface area contributed by atoms with Crippen LogP contribution in [0, 0.1) is 5.82 Å². The van der Waals surface area contributed by atoms with E-state index < -0.39 is 0 Å². The quantitative estimate of drug-likeness (QED) is 0.918. The van der Waals surface area contributed by atoms with Crippen LogP contribution >= 0.6 is 11.3 Å². The molecule has 0 aliphatic carbocycles. The van der Waals surface area contributed by atoms with Crippen LogP contribution in [-0.2, 0) is 9.53 Å². The molecule has 1 amide bonds. The summed E-state index contributed by atoms with van der Waals surface area (Å²) in [5, 5.41) is 3.77. The first-order valence-electron chi connectivity index (χ1n) is 7.59. The molecule has 1 N–H and O–H groups in total. The lowest BCUT2D eigenvalue weighted by Crippen LogP contribution is -2.36. The van der Waals surface area contributed by atoms with E-state index >= 15 is 0 Å². The van der Waals surface area contributed by atoms with Crippen molar-refractivity contribution in [2.45, 2.75) is 12.3 Å². The Bertz CT molecular complexity index is 725. The Morgan fingerprint density at radius 1 is 1.26 bits per heavy atom. The van der Waals surface area contributed by atoms with E-state index in [1.54, 1.807) is 23.5 Å². The zero-order valence-electron chi connectivity index (χ0n) is 12.4. The summed E-state index contributed by atoms with van der Waals surface area (Å²) in [6.07, 6.45) is 0.364. The molecule has 1 atom stereocenters.